The minimum atomic E-state index is -1.19. The highest BCUT2D eigenvalue weighted by atomic mass is 16.7. The van der Waals surface area contributed by atoms with Gasteiger partial charge in [-0.25, -0.2) is 0 Å². The van der Waals surface area contributed by atoms with Gasteiger partial charge in [0.15, 0.2) is 12.6 Å². The highest BCUT2D eigenvalue weighted by molar-refractivity contribution is 5.62. The lowest BCUT2D eigenvalue weighted by atomic mass is 9.47. The summed E-state index contributed by atoms with van der Waals surface area (Å²) in [5.41, 5.74) is 0.833. The minimum absolute atomic E-state index is 0.0106. The van der Waals surface area contributed by atoms with E-state index in [4.69, 9.17) is 9.47 Å². The van der Waals surface area contributed by atoms with Gasteiger partial charge in [-0.15, -0.1) is 0 Å². The molecule has 5 aliphatic rings. The van der Waals surface area contributed by atoms with Crippen LogP contribution in [0.25, 0.3) is 0 Å². The van der Waals surface area contributed by atoms with E-state index in [1.165, 1.54) is 32.1 Å². The number of carbonyl (C=O) groups is 1. The van der Waals surface area contributed by atoms with Crippen molar-refractivity contribution in [3.05, 3.63) is 11.6 Å². The first-order valence-electron chi connectivity index (χ1n) is 12.9. The Morgan fingerprint density at radius 3 is 2.71 bits per heavy atom. The van der Waals surface area contributed by atoms with Crippen LogP contribution in [0.1, 0.15) is 91.4 Å². The molecule has 0 aromatic heterocycles. The van der Waals surface area contributed by atoms with Crippen LogP contribution in [-0.4, -0.2) is 36.0 Å². The van der Waals surface area contributed by atoms with Crippen LogP contribution < -0.4 is 0 Å². The molecule has 4 heteroatoms. The van der Waals surface area contributed by atoms with E-state index in [1.807, 2.05) is 0 Å². The van der Waals surface area contributed by atoms with Crippen molar-refractivity contribution in [1.29, 1.82) is 0 Å². The van der Waals surface area contributed by atoms with Gasteiger partial charge in [0.2, 0.25) is 0 Å². The Hall–Kier alpha value is -0.710. The van der Waals surface area contributed by atoms with E-state index >= 15 is 0 Å². The summed E-state index contributed by atoms with van der Waals surface area (Å²) in [7, 11) is 0. The Morgan fingerprint density at radius 2 is 1.97 bits per heavy atom. The fourth-order valence-corrected chi connectivity index (χ4v) is 8.82. The highest BCUT2D eigenvalue weighted by Gasteiger charge is 2.61. The van der Waals surface area contributed by atoms with Crippen LogP contribution in [0, 0.1) is 34.5 Å². The summed E-state index contributed by atoms with van der Waals surface area (Å²) in [5.74, 6) is 2.15. The fourth-order valence-electron chi connectivity index (χ4n) is 8.82. The average molecular weight is 431 g/mol. The van der Waals surface area contributed by atoms with E-state index in [0.29, 0.717) is 23.4 Å². The molecule has 0 aromatic carbocycles. The van der Waals surface area contributed by atoms with Crippen LogP contribution in [0.15, 0.2) is 11.6 Å². The second kappa shape index (κ2) is 7.95. The zero-order chi connectivity index (χ0) is 21.9. The van der Waals surface area contributed by atoms with Gasteiger partial charge in [-0.3, -0.25) is 0 Å². The fraction of sp³-hybridized carbons (Fsp3) is 0.889. The Kier molecular flexibility index (Phi) is 5.67. The van der Waals surface area contributed by atoms with Crippen LogP contribution in [0.3, 0.4) is 0 Å². The smallest absolute Gasteiger partial charge is 0.157 e. The highest BCUT2D eigenvalue weighted by Crippen LogP contribution is 2.67. The van der Waals surface area contributed by atoms with Crippen molar-refractivity contribution in [2.45, 2.75) is 109 Å². The lowest BCUT2D eigenvalue weighted by Gasteiger charge is -2.58. The third kappa shape index (κ3) is 3.56. The Morgan fingerprint density at radius 1 is 1.13 bits per heavy atom. The number of ether oxygens (including phenoxy) is 2. The van der Waals surface area contributed by atoms with Crippen LogP contribution in [-0.2, 0) is 14.3 Å². The molecule has 174 valence electrons. The number of allylic oxidation sites excluding steroid dienone is 1. The molecule has 0 aromatic rings. The first-order chi connectivity index (χ1) is 14.8. The van der Waals surface area contributed by atoms with Gasteiger partial charge < -0.3 is 19.4 Å². The number of rotatable bonds is 4. The Bertz CT molecular complexity index is 723. The van der Waals surface area contributed by atoms with E-state index in [1.54, 1.807) is 12.5 Å². The molecular weight excluding hydrogens is 388 g/mol. The van der Waals surface area contributed by atoms with Gasteiger partial charge in [-0.2, -0.15) is 0 Å². The van der Waals surface area contributed by atoms with Gasteiger partial charge in [0, 0.05) is 6.61 Å². The van der Waals surface area contributed by atoms with Crippen LogP contribution >= 0.6 is 0 Å². The third-order valence-corrected chi connectivity index (χ3v) is 10.5. The van der Waals surface area contributed by atoms with Gasteiger partial charge in [0.25, 0.3) is 0 Å². The number of aliphatic hydroxyl groups is 1. The minimum Gasteiger partial charge on any atom is -0.382 e. The molecule has 4 nitrogen and oxygen atoms in total. The topological polar surface area (TPSA) is 55.8 Å². The van der Waals surface area contributed by atoms with E-state index in [0.717, 1.165) is 57.3 Å². The monoisotopic (exact) mass is 430 g/mol. The molecule has 1 N–H and O–H groups in total. The Labute approximate surface area is 188 Å². The van der Waals surface area contributed by atoms with Crippen molar-refractivity contribution in [2.75, 3.05) is 6.61 Å². The molecule has 0 amide bonds. The molecule has 9 atom stereocenters. The van der Waals surface area contributed by atoms with Crippen molar-refractivity contribution in [3.8, 4) is 0 Å². The molecule has 0 radical (unpaired) electrons. The molecule has 1 heterocycles. The second-order valence-corrected chi connectivity index (χ2v) is 12.1. The normalized spacial score (nSPS) is 49.2. The molecule has 4 aliphatic carbocycles. The predicted molar refractivity (Wildman–Crippen MR) is 120 cm³/mol. The maximum Gasteiger partial charge on any atom is 0.157 e. The van der Waals surface area contributed by atoms with Crippen molar-refractivity contribution in [3.63, 3.8) is 0 Å². The van der Waals surface area contributed by atoms with E-state index in [2.05, 4.69) is 19.9 Å². The largest absolute Gasteiger partial charge is 0.382 e. The first-order valence-corrected chi connectivity index (χ1v) is 12.9. The molecule has 4 fully saturated rings. The molecule has 5 unspecified atom stereocenters. The number of aldehydes is 1. The molecule has 0 spiro atoms. The van der Waals surface area contributed by atoms with Crippen LogP contribution in [0.5, 0.6) is 0 Å². The zero-order valence-corrected chi connectivity index (χ0v) is 19.8. The summed E-state index contributed by atoms with van der Waals surface area (Å²) in [6.45, 7) is 7.49. The van der Waals surface area contributed by atoms with Gasteiger partial charge >= 0.3 is 0 Å². The molecule has 1 saturated heterocycles. The predicted octanol–water partition coefficient (Wildman–Crippen LogP) is 5.43. The summed E-state index contributed by atoms with van der Waals surface area (Å²) in [6, 6.07) is 0. The molecule has 0 bridgehead atoms. The summed E-state index contributed by atoms with van der Waals surface area (Å²) in [5, 5.41) is 10.8. The molecular formula is C27H42O4. The van der Waals surface area contributed by atoms with Crippen molar-refractivity contribution >= 4 is 6.29 Å². The van der Waals surface area contributed by atoms with E-state index in [9.17, 15) is 9.90 Å². The second-order valence-electron chi connectivity index (χ2n) is 12.1. The zero-order valence-electron chi connectivity index (χ0n) is 19.8. The number of hydrogen-bond acceptors (Lipinski definition) is 4. The number of hydrogen-bond donors (Lipinski definition) is 1. The van der Waals surface area contributed by atoms with Crippen LogP contribution in [0.4, 0.5) is 0 Å². The van der Waals surface area contributed by atoms with Gasteiger partial charge in [0.05, 0.1) is 6.10 Å². The summed E-state index contributed by atoms with van der Waals surface area (Å²) < 4.78 is 12.2. The van der Waals surface area contributed by atoms with Gasteiger partial charge in [0.1, 0.15) is 5.60 Å². The lowest BCUT2D eigenvalue weighted by Crippen LogP contribution is -2.53. The average Bonchev–Trinajstić information content (AvgIpc) is 3.13. The van der Waals surface area contributed by atoms with Gasteiger partial charge in [-0.1, -0.05) is 25.5 Å². The van der Waals surface area contributed by atoms with Crippen LogP contribution in [0.2, 0.25) is 0 Å². The molecule has 5 rings (SSSR count). The molecule has 3 saturated carbocycles. The Balaban J connectivity index is 1.32. The summed E-state index contributed by atoms with van der Waals surface area (Å²) in [6.07, 6.45) is 16.2. The van der Waals surface area contributed by atoms with Gasteiger partial charge in [-0.05, 0) is 112 Å². The molecule has 31 heavy (non-hydrogen) atoms. The van der Waals surface area contributed by atoms with E-state index in [-0.39, 0.29) is 17.6 Å². The lowest BCUT2D eigenvalue weighted by molar-refractivity contribution is -0.195. The maximum absolute atomic E-state index is 11.6. The summed E-state index contributed by atoms with van der Waals surface area (Å²) >= 11 is 0. The van der Waals surface area contributed by atoms with Crippen molar-refractivity contribution in [2.24, 2.45) is 34.5 Å². The quantitative estimate of drug-likeness (QED) is 0.477. The van der Waals surface area contributed by atoms with Crippen molar-refractivity contribution in [1.82, 2.24) is 0 Å². The SMILES string of the molecule is C[C@]12CCC3C(CC=C4C[C@@H](OC5CCCCO5)CC[C@@]43C)C1CCC2[C@@](C)(O)C=O. The van der Waals surface area contributed by atoms with E-state index < -0.39 is 5.60 Å². The summed E-state index contributed by atoms with van der Waals surface area (Å²) in [4.78, 5) is 11.6. The van der Waals surface area contributed by atoms with Crippen molar-refractivity contribution < 1.29 is 19.4 Å². The number of fused-ring (bicyclic) bond motifs is 5. The standard InChI is InChI=1S/C27H42O4/c1-25-13-11-19(31-24-6-4-5-15-30-24)16-18(25)7-8-20-21-9-10-23(27(3,29)17-28)26(21,2)14-12-22(20)25/h7,17,19-24,29H,4-6,8-16H2,1-3H3/t19-,20?,21?,22?,23?,24?,25-,26-,27-/m0/s1. The molecule has 1 aliphatic heterocycles. The number of carbonyl (C=O) groups excluding carboxylic acids is 1. The first kappa shape index (κ1) is 22.1. The maximum atomic E-state index is 11.6. The third-order valence-electron chi connectivity index (χ3n) is 10.5.